The largest absolute Gasteiger partial charge is 0.350 e. The highest BCUT2D eigenvalue weighted by Gasteiger charge is 2.03. The van der Waals surface area contributed by atoms with Crippen molar-refractivity contribution in [1.29, 1.82) is 0 Å². The van der Waals surface area contributed by atoms with Crippen LogP contribution in [-0.4, -0.2) is 10.9 Å². The van der Waals surface area contributed by atoms with Gasteiger partial charge in [-0.1, -0.05) is 12.1 Å². The number of benzene rings is 1. The van der Waals surface area contributed by atoms with Gasteiger partial charge in [0.2, 0.25) is 0 Å². The minimum atomic E-state index is 0.500. The van der Waals surface area contributed by atoms with Crippen LogP contribution in [0.25, 0.3) is 10.9 Å². The third-order valence-corrected chi connectivity index (χ3v) is 2.57. The molecule has 0 bridgehead atoms. The topological polar surface area (TPSA) is 22.0 Å². The van der Waals surface area contributed by atoms with Gasteiger partial charge in [-0.15, -0.1) is 0 Å². The monoisotopic (exact) mass is 187 g/mol. The SMILES string of the molecule is Cc1cn(C)c2cc(CC=O)ccc12. The number of aryl methyl sites for hydroxylation is 2. The average Bonchev–Trinajstić information content (AvgIpc) is 2.43. The van der Waals surface area contributed by atoms with E-state index in [9.17, 15) is 4.79 Å². The molecule has 0 aliphatic heterocycles. The lowest BCUT2D eigenvalue weighted by Crippen LogP contribution is -1.88. The van der Waals surface area contributed by atoms with Crippen LogP contribution >= 0.6 is 0 Å². The molecule has 0 N–H and O–H groups in total. The van der Waals surface area contributed by atoms with Gasteiger partial charge in [-0.25, -0.2) is 0 Å². The third-order valence-electron chi connectivity index (χ3n) is 2.57. The van der Waals surface area contributed by atoms with Gasteiger partial charge in [-0.2, -0.15) is 0 Å². The number of rotatable bonds is 2. The molecule has 1 aromatic carbocycles. The summed E-state index contributed by atoms with van der Waals surface area (Å²) in [5.74, 6) is 0. The molecule has 0 radical (unpaired) electrons. The van der Waals surface area contributed by atoms with Gasteiger partial charge in [-0.05, 0) is 24.1 Å². The van der Waals surface area contributed by atoms with Gasteiger partial charge >= 0.3 is 0 Å². The first-order valence-electron chi connectivity index (χ1n) is 4.70. The van der Waals surface area contributed by atoms with Crippen molar-refractivity contribution in [2.45, 2.75) is 13.3 Å². The molecule has 1 heterocycles. The van der Waals surface area contributed by atoms with Crippen molar-refractivity contribution < 1.29 is 4.79 Å². The first-order chi connectivity index (χ1) is 6.72. The Kier molecular flexibility index (Phi) is 2.12. The van der Waals surface area contributed by atoms with Crippen LogP contribution in [0.2, 0.25) is 0 Å². The molecule has 2 aromatic rings. The molecule has 0 amide bonds. The van der Waals surface area contributed by atoms with Crippen LogP contribution < -0.4 is 0 Å². The number of aldehydes is 1. The third kappa shape index (κ3) is 1.33. The summed E-state index contributed by atoms with van der Waals surface area (Å²) in [5, 5.41) is 1.27. The first-order valence-corrected chi connectivity index (χ1v) is 4.70. The molecule has 0 atom stereocenters. The van der Waals surface area contributed by atoms with E-state index in [2.05, 4.69) is 29.8 Å². The molecule has 72 valence electrons. The highest BCUT2D eigenvalue weighted by atomic mass is 16.1. The Labute approximate surface area is 83.2 Å². The summed E-state index contributed by atoms with van der Waals surface area (Å²) in [6.07, 6.45) is 3.55. The lowest BCUT2D eigenvalue weighted by atomic mass is 10.1. The van der Waals surface area contributed by atoms with Gasteiger partial charge in [0.1, 0.15) is 6.29 Å². The molecule has 14 heavy (non-hydrogen) atoms. The van der Waals surface area contributed by atoms with E-state index in [0.717, 1.165) is 11.8 Å². The fraction of sp³-hybridized carbons (Fsp3) is 0.250. The van der Waals surface area contributed by atoms with Gasteiger partial charge in [-0.3, -0.25) is 0 Å². The van der Waals surface area contributed by atoms with Crippen molar-refractivity contribution >= 4 is 17.2 Å². The zero-order valence-electron chi connectivity index (χ0n) is 8.45. The average molecular weight is 187 g/mol. The maximum absolute atomic E-state index is 10.4. The molecule has 0 aliphatic carbocycles. The minimum Gasteiger partial charge on any atom is -0.350 e. The first kappa shape index (κ1) is 9.00. The molecule has 1 aromatic heterocycles. The number of hydrogen-bond donors (Lipinski definition) is 0. The Morgan fingerprint density at radius 3 is 2.93 bits per heavy atom. The lowest BCUT2D eigenvalue weighted by molar-refractivity contribution is -0.107. The van der Waals surface area contributed by atoms with E-state index in [1.54, 1.807) is 0 Å². The predicted octanol–water partition coefficient (Wildman–Crippen LogP) is 2.23. The molecule has 0 spiro atoms. The summed E-state index contributed by atoms with van der Waals surface area (Å²) in [6, 6.07) is 6.18. The van der Waals surface area contributed by atoms with Gasteiger partial charge in [0.05, 0.1) is 0 Å². The highest BCUT2D eigenvalue weighted by Crippen LogP contribution is 2.21. The Bertz CT molecular complexity index is 482. The molecule has 0 unspecified atom stereocenters. The van der Waals surface area contributed by atoms with E-state index in [1.807, 2.05) is 13.1 Å². The molecule has 2 heteroatoms. The van der Waals surface area contributed by atoms with Crippen molar-refractivity contribution in [2.75, 3.05) is 0 Å². The van der Waals surface area contributed by atoms with E-state index in [0.29, 0.717) is 6.42 Å². The molecule has 0 saturated heterocycles. The Balaban J connectivity index is 2.64. The second-order valence-corrected chi connectivity index (χ2v) is 3.65. The van der Waals surface area contributed by atoms with Crippen LogP contribution in [0.15, 0.2) is 24.4 Å². The molecule has 2 nitrogen and oxygen atoms in total. The fourth-order valence-corrected chi connectivity index (χ4v) is 1.86. The van der Waals surface area contributed by atoms with Gasteiger partial charge in [0.25, 0.3) is 0 Å². The number of fused-ring (bicyclic) bond motifs is 1. The van der Waals surface area contributed by atoms with Crippen LogP contribution in [0.5, 0.6) is 0 Å². The molecule has 0 aliphatic rings. The normalized spacial score (nSPS) is 10.7. The number of nitrogens with zero attached hydrogens (tertiary/aromatic N) is 1. The standard InChI is InChI=1S/C12H13NO/c1-9-8-13(2)12-7-10(5-6-14)3-4-11(9)12/h3-4,6-8H,5H2,1-2H3. The maximum Gasteiger partial charge on any atom is 0.124 e. The summed E-state index contributed by atoms with van der Waals surface area (Å²) in [4.78, 5) is 10.4. The Morgan fingerprint density at radius 2 is 2.21 bits per heavy atom. The minimum absolute atomic E-state index is 0.500. The predicted molar refractivity (Wildman–Crippen MR) is 57.4 cm³/mol. The number of carbonyl (C=O) groups is 1. The van der Waals surface area contributed by atoms with E-state index in [-0.39, 0.29) is 0 Å². The smallest absolute Gasteiger partial charge is 0.124 e. The fourth-order valence-electron chi connectivity index (χ4n) is 1.86. The van der Waals surface area contributed by atoms with Crippen molar-refractivity contribution in [3.8, 4) is 0 Å². The zero-order valence-corrected chi connectivity index (χ0v) is 8.45. The summed E-state index contributed by atoms with van der Waals surface area (Å²) >= 11 is 0. The molecule has 0 fully saturated rings. The van der Waals surface area contributed by atoms with Crippen LogP contribution in [0, 0.1) is 6.92 Å². The van der Waals surface area contributed by atoms with Crippen molar-refractivity contribution in [1.82, 2.24) is 4.57 Å². The summed E-state index contributed by atoms with van der Waals surface area (Å²) in [5.41, 5.74) is 3.55. The quantitative estimate of drug-likeness (QED) is 0.661. The van der Waals surface area contributed by atoms with Gasteiger partial charge in [0, 0.05) is 30.6 Å². The second kappa shape index (κ2) is 3.29. The van der Waals surface area contributed by atoms with Crippen LogP contribution in [0.4, 0.5) is 0 Å². The Hall–Kier alpha value is -1.57. The van der Waals surface area contributed by atoms with Crippen molar-refractivity contribution in [2.24, 2.45) is 7.05 Å². The van der Waals surface area contributed by atoms with Crippen molar-refractivity contribution in [3.63, 3.8) is 0 Å². The summed E-state index contributed by atoms with van der Waals surface area (Å²) in [6.45, 7) is 2.10. The molecular weight excluding hydrogens is 174 g/mol. The van der Waals surface area contributed by atoms with Gasteiger partial charge < -0.3 is 9.36 Å². The lowest BCUT2D eigenvalue weighted by Gasteiger charge is -1.99. The summed E-state index contributed by atoms with van der Waals surface area (Å²) in [7, 11) is 2.03. The van der Waals surface area contributed by atoms with Crippen LogP contribution in [-0.2, 0) is 18.3 Å². The maximum atomic E-state index is 10.4. The molecular formula is C12H13NO. The van der Waals surface area contributed by atoms with Crippen LogP contribution in [0.1, 0.15) is 11.1 Å². The van der Waals surface area contributed by atoms with E-state index in [1.165, 1.54) is 16.5 Å². The van der Waals surface area contributed by atoms with Gasteiger partial charge in [0.15, 0.2) is 0 Å². The van der Waals surface area contributed by atoms with Crippen molar-refractivity contribution in [3.05, 3.63) is 35.5 Å². The number of hydrogen-bond acceptors (Lipinski definition) is 1. The van der Waals surface area contributed by atoms with E-state index < -0.39 is 0 Å². The van der Waals surface area contributed by atoms with Crippen LogP contribution in [0.3, 0.4) is 0 Å². The molecule has 2 rings (SSSR count). The second-order valence-electron chi connectivity index (χ2n) is 3.65. The Morgan fingerprint density at radius 1 is 1.43 bits per heavy atom. The highest BCUT2D eigenvalue weighted by molar-refractivity contribution is 5.84. The number of aromatic nitrogens is 1. The van der Waals surface area contributed by atoms with E-state index >= 15 is 0 Å². The van der Waals surface area contributed by atoms with E-state index in [4.69, 9.17) is 0 Å². The molecule has 0 saturated carbocycles. The number of carbonyl (C=O) groups excluding carboxylic acids is 1. The summed E-state index contributed by atoms with van der Waals surface area (Å²) < 4.78 is 2.10. The zero-order chi connectivity index (χ0) is 10.1.